The van der Waals surface area contributed by atoms with Crippen molar-refractivity contribution >= 4 is 11.6 Å². The smallest absolute Gasteiger partial charge is 0.319 e. The summed E-state index contributed by atoms with van der Waals surface area (Å²) < 4.78 is 11.9. The van der Waals surface area contributed by atoms with Gasteiger partial charge in [-0.25, -0.2) is 4.98 Å². The van der Waals surface area contributed by atoms with E-state index in [1.807, 2.05) is 18.2 Å². The zero-order valence-corrected chi connectivity index (χ0v) is 15.3. The van der Waals surface area contributed by atoms with E-state index in [-0.39, 0.29) is 18.5 Å². The zero-order valence-electron chi connectivity index (χ0n) is 15.3. The van der Waals surface area contributed by atoms with E-state index in [1.54, 1.807) is 29.6 Å². The lowest BCUT2D eigenvalue weighted by molar-refractivity contribution is 0.0996. The van der Waals surface area contributed by atoms with Gasteiger partial charge < -0.3 is 14.4 Å². The van der Waals surface area contributed by atoms with E-state index in [0.29, 0.717) is 29.2 Å². The summed E-state index contributed by atoms with van der Waals surface area (Å²) in [5.74, 6) is 0.293. The Bertz CT molecular complexity index is 1100. The minimum Gasteiger partial charge on any atom is -0.480 e. The molecule has 0 N–H and O–H groups in total. The van der Waals surface area contributed by atoms with Crippen LogP contribution < -0.4 is 14.4 Å². The van der Waals surface area contributed by atoms with Gasteiger partial charge in [-0.05, 0) is 23.3 Å². The van der Waals surface area contributed by atoms with Crippen molar-refractivity contribution in [2.24, 2.45) is 0 Å². The molecule has 1 aliphatic rings. The summed E-state index contributed by atoms with van der Waals surface area (Å²) in [4.78, 5) is 22.8. The fourth-order valence-electron chi connectivity index (χ4n) is 3.15. The number of anilines is 1. The van der Waals surface area contributed by atoms with Gasteiger partial charge in [-0.3, -0.25) is 9.48 Å². The van der Waals surface area contributed by atoms with Crippen molar-refractivity contribution in [2.75, 3.05) is 19.1 Å². The molecule has 0 aliphatic carbocycles. The first-order valence-electron chi connectivity index (χ1n) is 8.44. The Morgan fingerprint density at radius 1 is 1.21 bits per heavy atom. The molecule has 1 aliphatic heterocycles. The van der Waals surface area contributed by atoms with Crippen LogP contribution in [-0.4, -0.2) is 39.9 Å². The van der Waals surface area contributed by atoms with Crippen LogP contribution in [0.5, 0.6) is 11.9 Å². The third-order valence-corrected chi connectivity index (χ3v) is 4.49. The molecule has 9 nitrogen and oxygen atoms in total. The highest BCUT2D eigenvalue weighted by molar-refractivity contribution is 6.10. The van der Waals surface area contributed by atoms with E-state index in [2.05, 4.69) is 15.1 Å². The van der Waals surface area contributed by atoms with E-state index in [9.17, 15) is 4.79 Å². The Kier molecular flexibility index (Phi) is 4.37. The molecule has 0 saturated heterocycles. The molecule has 28 heavy (non-hydrogen) atoms. The molecule has 0 atom stereocenters. The molecule has 0 unspecified atom stereocenters. The topological polar surface area (TPSA) is 106 Å². The van der Waals surface area contributed by atoms with Crippen molar-refractivity contribution in [3.8, 4) is 29.1 Å². The molecule has 0 bridgehead atoms. The number of fused-ring (bicyclic) bond motifs is 1. The molecular formula is C19H16N6O3. The van der Waals surface area contributed by atoms with Crippen LogP contribution in [0.4, 0.5) is 5.69 Å². The van der Waals surface area contributed by atoms with Crippen LogP contribution in [0.2, 0.25) is 0 Å². The van der Waals surface area contributed by atoms with Gasteiger partial charge in [-0.2, -0.15) is 15.3 Å². The predicted molar refractivity (Wildman–Crippen MR) is 98.9 cm³/mol. The standard InChI is InChI=1S/C19H16N6O3/c1-27-17-16(9-21-19(23-17)28-2)12-3-4-15-13(7-12)10-25(18(15)26)14-8-22-24(11-14)6-5-20/h3-4,7-9,11H,6,10H2,1-2H3. The average Bonchev–Trinajstić information content (AvgIpc) is 3.31. The Hall–Kier alpha value is -3.93. The average molecular weight is 376 g/mol. The number of rotatable bonds is 5. The van der Waals surface area contributed by atoms with E-state index >= 15 is 0 Å². The first-order valence-corrected chi connectivity index (χ1v) is 8.44. The van der Waals surface area contributed by atoms with Crippen molar-refractivity contribution in [1.29, 1.82) is 5.26 Å². The van der Waals surface area contributed by atoms with Crippen LogP contribution in [0.15, 0.2) is 36.8 Å². The summed E-state index contributed by atoms with van der Waals surface area (Å²) in [7, 11) is 3.02. The van der Waals surface area contributed by atoms with Gasteiger partial charge in [0.05, 0.1) is 44.3 Å². The van der Waals surface area contributed by atoms with Gasteiger partial charge in [-0.15, -0.1) is 0 Å². The lowest BCUT2D eigenvalue weighted by Gasteiger charge is -2.12. The Morgan fingerprint density at radius 3 is 2.82 bits per heavy atom. The van der Waals surface area contributed by atoms with Gasteiger partial charge in [0.15, 0.2) is 0 Å². The zero-order chi connectivity index (χ0) is 19.7. The number of hydrogen-bond acceptors (Lipinski definition) is 7. The van der Waals surface area contributed by atoms with Crippen LogP contribution in [0.25, 0.3) is 11.1 Å². The number of nitrogens with zero attached hydrogens (tertiary/aromatic N) is 6. The molecule has 4 rings (SSSR count). The monoisotopic (exact) mass is 376 g/mol. The van der Waals surface area contributed by atoms with E-state index in [4.69, 9.17) is 14.7 Å². The summed E-state index contributed by atoms with van der Waals surface area (Å²) >= 11 is 0. The second-order valence-electron chi connectivity index (χ2n) is 6.10. The third-order valence-electron chi connectivity index (χ3n) is 4.49. The van der Waals surface area contributed by atoms with Gasteiger partial charge in [-0.1, -0.05) is 6.07 Å². The maximum Gasteiger partial charge on any atom is 0.319 e. The first-order chi connectivity index (χ1) is 13.6. The minimum atomic E-state index is -0.101. The second-order valence-corrected chi connectivity index (χ2v) is 6.10. The van der Waals surface area contributed by atoms with Crippen molar-refractivity contribution in [3.05, 3.63) is 47.9 Å². The number of methoxy groups -OCH3 is 2. The summed E-state index contributed by atoms with van der Waals surface area (Å²) in [5.41, 5.74) is 3.72. The predicted octanol–water partition coefficient (Wildman–Crippen LogP) is 2.04. The largest absolute Gasteiger partial charge is 0.480 e. The maximum absolute atomic E-state index is 12.8. The molecule has 3 heterocycles. The van der Waals surface area contributed by atoms with Crippen LogP contribution in [0.1, 0.15) is 15.9 Å². The highest BCUT2D eigenvalue weighted by Crippen LogP contribution is 2.34. The summed E-state index contributed by atoms with van der Waals surface area (Å²) in [5, 5.41) is 12.9. The number of hydrogen-bond donors (Lipinski definition) is 0. The number of ether oxygens (including phenoxy) is 2. The first kappa shape index (κ1) is 17.5. The van der Waals surface area contributed by atoms with E-state index < -0.39 is 0 Å². The molecule has 3 aromatic rings. The highest BCUT2D eigenvalue weighted by Gasteiger charge is 2.30. The Labute approximate surface area is 160 Å². The second kappa shape index (κ2) is 7.00. The molecule has 0 radical (unpaired) electrons. The summed E-state index contributed by atoms with van der Waals surface area (Å²) in [6.45, 7) is 0.552. The normalized spacial score (nSPS) is 12.6. The van der Waals surface area contributed by atoms with Gasteiger partial charge >= 0.3 is 6.01 Å². The number of amides is 1. The van der Waals surface area contributed by atoms with Crippen molar-refractivity contribution in [1.82, 2.24) is 19.7 Å². The van der Waals surface area contributed by atoms with Crippen molar-refractivity contribution in [3.63, 3.8) is 0 Å². The number of carbonyl (C=O) groups is 1. The van der Waals surface area contributed by atoms with Crippen molar-refractivity contribution in [2.45, 2.75) is 13.1 Å². The Balaban J connectivity index is 1.67. The molecule has 0 spiro atoms. The SMILES string of the molecule is COc1ncc(-c2ccc3c(c2)CN(c2cnn(CC#N)c2)C3=O)c(OC)n1. The van der Waals surface area contributed by atoms with Gasteiger partial charge in [0.2, 0.25) is 5.88 Å². The van der Waals surface area contributed by atoms with E-state index in [0.717, 1.165) is 11.1 Å². The van der Waals surface area contributed by atoms with Gasteiger partial charge in [0.25, 0.3) is 5.91 Å². The molecule has 0 fully saturated rings. The minimum absolute atomic E-state index is 0.101. The molecule has 2 aromatic heterocycles. The molecule has 140 valence electrons. The molecular weight excluding hydrogens is 360 g/mol. The van der Waals surface area contributed by atoms with Gasteiger partial charge in [0.1, 0.15) is 6.54 Å². The third kappa shape index (κ3) is 2.91. The number of benzene rings is 1. The highest BCUT2D eigenvalue weighted by atomic mass is 16.5. The van der Waals surface area contributed by atoms with Crippen LogP contribution in [0, 0.1) is 11.3 Å². The summed E-state index contributed by atoms with van der Waals surface area (Å²) in [6, 6.07) is 7.80. The van der Waals surface area contributed by atoms with Crippen LogP contribution in [0.3, 0.4) is 0 Å². The van der Waals surface area contributed by atoms with E-state index in [1.165, 1.54) is 18.9 Å². The Morgan fingerprint density at radius 2 is 2.07 bits per heavy atom. The lowest BCUT2D eigenvalue weighted by atomic mass is 10.0. The fourth-order valence-corrected chi connectivity index (χ4v) is 3.15. The quantitative estimate of drug-likeness (QED) is 0.671. The maximum atomic E-state index is 12.8. The number of aromatic nitrogens is 4. The van der Waals surface area contributed by atoms with Crippen LogP contribution >= 0.6 is 0 Å². The molecule has 0 saturated carbocycles. The molecule has 1 aromatic carbocycles. The number of nitriles is 1. The molecule has 1 amide bonds. The van der Waals surface area contributed by atoms with Crippen LogP contribution in [-0.2, 0) is 13.1 Å². The van der Waals surface area contributed by atoms with Gasteiger partial charge in [0, 0.05) is 18.0 Å². The number of carbonyl (C=O) groups excluding carboxylic acids is 1. The molecule has 9 heteroatoms. The van der Waals surface area contributed by atoms with Crippen molar-refractivity contribution < 1.29 is 14.3 Å². The lowest BCUT2D eigenvalue weighted by Crippen LogP contribution is -2.22. The summed E-state index contributed by atoms with van der Waals surface area (Å²) in [6.07, 6.45) is 4.91. The fraction of sp³-hybridized carbons (Fsp3) is 0.211.